The van der Waals surface area contributed by atoms with Gasteiger partial charge in [0.15, 0.2) is 0 Å². The molecule has 2 fully saturated rings. The van der Waals surface area contributed by atoms with Crippen LogP contribution in [0.2, 0.25) is 0 Å². The van der Waals surface area contributed by atoms with Crippen LogP contribution >= 0.6 is 0 Å². The summed E-state index contributed by atoms with van der Waals surface area (Å²) in [6.07, 6.45) is 0.631. The minimum absolute atomic E-state index is 0.209. The first-order valence-corrected chi connectivity index (χ1v) is 5.36. The zero-order valence-electron chi connectivity index (χ0n) is 8.69. The number of hydrogen-bond acceptors (Lipinski definition) is 4. The Kier molecular flexibility index (Phi) is 3.38. The van der Waals surface area contributed by atoms with Crippen molar-refractivity contribution in [2.75, 3.05) is 33.0 Å². The van der Waals surface area contributed by atoms with Gasteiger partial charge in [0, 0.05) is 6.54 Å². The van der Waals surface area contributed by atoms with Crippen LogP contribution in [0.3, 0.4) is 0 Å². The van der Waals surface area contributed by atoms with Crippen LogP contribution in [0.25, 0.3) is 0 Å². The largest absolute Gasteiger partial charge is 0.393 e. The maximum absolute atomic E-state index is 9.26. The molecular formula is C10H19NO3. The molecule has 82 valence electrons. The van der Waals surface area contributed by atoms with E-state index in [4.69, 9.17) is 9.47 Å². The van der Waals surface area contributed by atoms with Crippen LogP contribution in [-0.4, -0.2) is 61.2 Å². The Balaban J connectivity index is 1.88. The SMILES string of the molecule is CC(O)CCN1C2COCC1COC2. The van der Waals surface area contributed by atoms with Crippen LogP contribution in [0.1, 0.15) is 13.3 Å². The Morgan fingerprint density at radius 3 is 2.14 bits per heavy atom. The van der Waals surface area contributed by atoms with Gasteiger partial charge in [-0.25, -0.2) is 0 Å². The fraction of sp³-hybridized carbons (Fsp3) is 1.00. The van der Waals surface area contributed by atoms with Gasteiger partial charge in [-0.05, 0) is 13.3 Å². The van der Waals surface area contributed by atoms with E-state index in [0.717, 1.165) is 39.4 Å². The maximum atomic E-state index is 9.26. The summed E-state index contributed by atoms with van der Waals surface area (Å²) in [4.78, 5) is 2.43. The van der Waals surface area contributed by atoms with Crippen LogP contribution in [0, 0.1) is 0 Å². The number of morpholine rings is 2. The molecule has 0 amide bonds. The summed E-state index contributed by atoms with van der Waals surface area (Å²) in [7, 11) is 0. The Morgan fingerprint density at radius 2 is 1.71 bits per heavy atom. The predicted molar refractivity (Wildman–Crippen MR) is 52.2 cm³/mol. The highest BCUT2D eigenvalue weighted by Gasteiger charge is 2.34. The monoisotopic (exact) mass is 201 g/mol. The second kappa shape index (κ2) is 4.57. The topological polar surface area (TPSA) is 41.9 Å². The minimum atomic E-state index is -0.209. The molecule has 1 N–H and O–H groups in total. The molecule has 4 nitrogen and oxygen atoms in total. The maximum Gasteiger partial charge on any atom is 0.0645 e. The molecule has 1 unspecified atom stereocenters. The van der Waals surface area contributed by atoms with Crippen LogP contribution < -0.4 is 0 Å². The third-order valence-corrected chi connectivity index (χ3v) is 2.98. The number of rotatable bonds is 3. The molecule has 0 aliphatic carbocycles. The van der Waals surface area contributed by atoms with Crippen molar-refractivity contribution in [1.82, 2.24) is 4.90 Å². The zero-order chi connectivity index (χ0) is 9.97. The zero-order valence-corrected chi connectivity index (χ0v) is 8.69. The summed E-state index contributed by atoms with van der Waals surface area (Å²) >= 11 is 0. The molecule has 2 rings (SSSR count). The average Bonchev–Trinajstić information content (AvgIpc) is 2.13. The Hall–Kier alpha value is -0.160. The van der Waals surface area contributed by atoms with Crippen LogP contribution in [0.5, 0.6) is 0 Å². The van der Waals surface area contributed by atoms with Crippen LogP contribution in [0.4, 0.5) is 0 Å². The smallest absolute Gasteiger partial charge is 0.0645 e. The molecule has 2 bridgehead atoms. The van der Waals surface area contributed by atoms with Gasteiger partial charge in [-0.3, -0.25) is 4.90 Å². The molecule has 14 heavy (non-hydrogen) atoms. The number of ether oxygens (including phenoxy) is 2. The van der Waals surface area contributed by atoms with Crippen molar-refractivity contribution in [2.45, 2.75) is 31.5 Å². The highest BCUT2D eigenvalue weighted by Crippen LogP contribution is 2.19. The molecule has 2 saturated heterocycles. The van der Waals surface area contributed by atoms with E-state index >= 15 is 0 Å². The molecule has 0 saturated carbocycles. The summed E-state index contributed by atoms with van der Waals surface area (Å²) in [5.41, 5.74) is 0. The lowest BCUT2D eigenvalue weighted by Gasteiger charge is -2.45. The van der Waals surface area contributed by atoms with Crippen molar-refractivity contribution in [1.29, 1.82) is 0 Å². The standard InChI is InChI=1S/C10H19NO3/c1-8(12)2-3-11-9-4-13-6-10(11)7-14-5-9/h8-10,12H,2-7H2,1H3. The van der Waals surface area contributed by atoms with E-state index in [0.29, 0.717) is 12.1 Å². The fourth-order valence-electron chi connectivity index (χ4n) is 2.16. The third-order valence-electron chi connectivity index (χ3n) is 2.98. The van der Waals surface area contributed by atoms with E-state index in [1.165, 1.54) is 0 Å². The first-order valence-electron chi connectivity index (χ1n) is 5.36. The summed E-state index contributed by atoms with van der Waals surface area (Å²) in [6, 6.07) is 0.808. The Morgan fingerprint density at radius 1 is 1.21 bits per heavy atom. The predicted octanol–water partition coefficient (Wildman–Crippen LogP) is -0.143. The normalized spacial score (nSPS) is 35.6. The van der Waals surface area contributed by atoms with Gasteiger partial charge in [0.1, 0.15) is 0 Å². The van der Waals surface area contributed by atoms with Crippen molar-refractivity contribution >= 4 is 0 Å². The summed E-state index contributed by atoms with van der Waals surface area (Å²) < 4.78 is 11.0. The fourth-order valence-corrected chi connectivity index (χ4v) is 2.16. The lowest BCUT2D eigenvalue weighted by molar-refractivity contribution is -0.139. The molecule has 0 aromatic heterocycles. The van der Waals surface area contributed by atoms with Crippen molar-refractivity contribution in [3.63, 3.8) is 0 Å². The number of nitrogens with zero attached hydrogens (tertiary/aromatic N) is 1. The summed E-state index contributed by atoms with van der Waals surface area (Å²) in [6.45, 7) is 5.89. The average molecular weight is 201 g/mol. The molecule has 1 atom stereocenters. The molecule has 0 aromatic carbocycles. The van der Waals surface area contributed by atoms with E-state index in [2.05, 4.69) is 4.90 Å². The first kappa shape index (κ1) is 10.4. The first-order chi connectivity index (χ1) is 6.77. The highest BCUT2D eigenvalue weighted by molar-refractivity contribution is 4.86. The summed E-state index contributed by atoms with van der Waals surface area (Å²) in [5.74, 6) is 0. The molecule has 2 aliphatic rings. The molecule has 4 heteroatoms. The minimum Gasteiger partial charge on any atom is -0.393 e. The van der Waals surface area contributed by atoms with Crippen molar-refractivity contribution in [2.24, 2.45) is 0 Å². The number of aliphatic hydroxyl groups excluding tert-OH is 1. The number of aliphatic hydroxyl groups is 1. The van der Waals surface area contributed by atoms with Gasteiger partial charge in [0.25, 0.3) is 0 Å². The van der Waals surface area contributed by atoms with Gasteiger partial charge in [0.05, 0.1) is 44.6 Å². The van der Waals surface area contributed by atoms with E-state index in [1.807, 2.05) is 6.92 Å². The second-order valence-corrected chi connectivity index (χ2v) is 4.26. The van der Waals surface area contributed by atoms with Gasteiger partial charge in [-0.2, -0.15) is 0 Å². The number of fused-ring (bicyclic) bond motifs is 2. The third kappa shape index (κ3) is 2.25. The van der Waals surface area contributed by atoms with E-state index in [-0.39, 0.29) is 6.10 Å². The molecule has 2 heterocycles. The molecule has 0 spiro atoms. The van der Waals surface area contributed by atoms with Crippen LogP contribution in [-0.2, 0) is 9.47 Å². The second-order valence-electron chi connectivity index (χ2n) is 4.26. The van der Waals surface area contributed by atoms with E-state index < -0.39 is 0 Å². The lowest BCUT2D eigenvalue weighted by atomic mass is 10.1. The quantitative estimate of drug-likeness (QED) is 0.690. The molecule has 2 aliphatic heterocycles. The molecule has 0 radical (unpaired) electrons. The van der Waals surface area contributed by atoms with Gasteiger partial charge < -0.3 is 14.6 Å². The Bertz CT molecular complexity index is 164. The van der Waals surface area contributed by atoms with Gasteiger partial charge in [0.2, 0.25) is 0 Å². The van der Waals surface area contributed by atoms with Crippen LogP contribution in [0.15, 0.2) is 0 Å². The highest BCUT2D eigenvalue weighted by atomic mass is 16.5. The van der Waals surface area contributed by atoms with Gasteiger partial charge in [-0.1, -0.05) is 0 Å². The summed E-state index contributed by atoms with van der Waals surface area (Å²) in [5, 5.41) is 9.26. The van der Waals surface area contributed by atoms with Crippen molar-refractivity contribution < 1.29 is 14.6 Å². The Labute approximate surface area is 84.8 Å². The van der Waals surface area contributed by atoms with E-state index in [1.54, 1.807) is 0 Å². The van der Waals surface area contributed by atoms with Crippen molar-refractivity contribution in [3.05, 3.63) is 0 Å². The van der Waals surface area contributed by atoms with Gasteiger partial charge >= 0.3 is 0 Å². The van der Waals surface area contributed by atoms with Crippen molar-refractivity contribution in [3.8, 4) is 0 Å². The molecular weight excluding hydrogens is 182 g/mol. The molecule has 0 aromatic rings. The van der Waals surface area contributed by atoms with Gasteiger partial charge in [-0.15, -0.1) is 0 Å². The number of hydrogen-bond donors (Lipinski definition) is 1. The van der Waals surface area contributed by atoms with E-state index in [9.17, 15) is 5.11 Å². The lowest BCUT2D eigenvalue weighted by Crippen LogP contribution is -2.59.